The molecule has 1 atom stereocenters. The van der Waals surface area contributed by atoms with Gasteiger partial charge in [0.2, 0.25) is 5.91 Å². The van der Waals surface area contributed by atoms with Crippen molar-refractivity contribution in [2.75, 3.05) is 11.1 Å². The number of rotatable bonds is 9. The first kappa shape index (κ1) is 25.0. The zero-order valence-electron chi connectivity index (χ0n) is 18.1. The molecule has 0 aliphatic rings. The number of allylic oxidation sites excluding steroid dienone is 1. The number of halogens is 2. The lowest BCUT2D eigenvalue weighted by Crippen LogP contribution is -2.28. The smallest absolute Gasteiger partial charge is 0.251 e. The third-order valence-electron chi connectivity index (χ3n) is 4.69. The Morgan fingerprint density at radius 1 is 1.24 bits per heavy atom. The number of anilines is 1. The van der Waals surface area contributed by atoms with Gasteiger partial charge < -0.3 is 15.2 Å². The van der Waals surface area contributed by atoms with E-state index in [-0.39, 0.29) is 17.6 Å². The van der Waals surface area contributed by atoms with Crippen LogP contribution in [-0.4, -0.2) is 32.3 Å². The predicted molar refractivity (Wildman–Crippen MR) is 136 cm³/mol. The molecule has 0 unspecified atom stereocenters. The topological polar surface area (TPSA) is 88.9 Å². The summed E-state index contributed by atoms with van der Waals surface area (Å²) >= 11 is 10.6. The molecule has 3 rings (SSSR count). The van der Waals surface area contributed by atoms with E-state index in [0.717, 1.165) is 15.7 Å². The highest BCUT2D eigenvalue weighted by atomic mass is 79.9. The quantitative estimate of drug-likeness (QED) is 0.276. The fraction of sp³-hybridized carbons (Fsp3) is 0.217. The Bertz CT molecular complexity index is 1170. The van der Waals surface area contributed by atoms with Gasteiger partial charge in [-0.05, 0) is 61.9 Å². The highest BCUT2D eigenvalue weighted by Gasteiger charge is 2.20. The van der Waals surface area contributed by atoms with Crippen molar-refractivity contribution in [1.82, 2.24) is 20.1 Å². The molecule has 0 spiro atoms. The van der Waals surface area contributed by atoms with Crippen LogP contribution in [0.1, 0.15) is 34.7 Å². The molecule has 1 aromatic heterocycles. The fourth-order valence-electron chi connectivity index (χ4n) is 3.06. The van der Waals surface area contributed by atoms with Crippen LogP contribution in [0.3, 0.4) is 0 Å². The van der Waals surface area contributed by atoms with Crippen LogP contribution in [0.15, 0.2) is 64.7 Å². The van der Waals surface area contributed by atoms with Crippen molar-refractivity contribution in [3.8, 4) is 0 Å². The number of carbonyl (C=O) groups is 2. The van der Waals surface area contributed by atoms with Gasteiger partial charge in [0.05, 0.1) is 11.8 Å². The molecule has 0 bridgehead atoms. The van der Waals surface area contributed by atoms with E-state index in [2.05, 4.69) is 43.3 Å². The monoisotopic (exact) mass is 547 g/mol. The predicted octanol–water partition coefficient (Wildman–Crippen LogP) is 5.41. The van der Waals surface area contributed by atoms with Crippen LogP contribution in [-0.2, 0) is 11.3 Å². The lowest BCUT2D eigenvalue weighted by atomic mass is 10.2. The number of nitrogens with zero attached hydrogens (tertiary/aromatic N) is 3. The van der Waals surface area contributed by atoms with Crippen molar-refractivity contribution in [1.29, 1.82) is 0 Å². The summed E-state index contributed by atoms with van der Waals surface area (Å²) in [5.41, 5.74) is 2.22. The Morgan fingerprint density at radius 3 is 2.64 bits per heavy atom. The number of carbonyl (C=O) groups excluding carboxylic acids is 2. The summed E-state index contributed by atoms with van der Waals surface area (Å²) in [6, 6.07) is 11.9. The molecular formula is C23H23BrClN5O2S. The highest BCUT2D eigenvalue weighted by molar-refractivity contribution is 9.10. The molecule has 7 nitrogen and oxygen atoms in total. The van der Waals surface area contributed by atoms with Crippen molar-refractivity contribution in [3.63, 3.8) is 0 Å². The van der Waals surface area contributed by atoms with E-state index in [9.17, 15) is 9.59 Å². The number of aryl methyl sites for hydroxylation is 1. The molecule has 0 saturated carbocycles. The Labute approximate surface area is 210 Å². The number of hydrogen-bond acceptors (Lipinski definition) is 5. The largest absolute Gasteiger partial charge is 0.342 e. The second-order valence-corrected chi connectivity index (χ2v) is 9.53. The van der Waals surface area contributed by atoms with E-state index in [1.54, 1.807) is 30.3 Å². The first-order chi connectivity index (χ1) is 15.8. The van der Waals surface area contributed by atoms with Gasteiger partial charge in [0.25, 0.3) is 5.91 Å². The van der Waals surface area contributed by atoms with Crippen molar-refractivity contribution in [2.24, 2.45) is 0 Å². The molecule has 10 heteroatoms. The average molecular weight is 549 g/mol. The van der Waals surface area contributed by atoms with Crippen molar-refractivity contribution < 1.29 is 9.59 Å². The minimum absolute atomic E-state index is 0.149. The molecule has 0 aliphatic heterocycles. The van der Waals surface area contributed by atoms with E-state index >= 15 is 0 Å². The number of amides is 2. The molecule has 0 saturated heterocycles. The lowest BCUT2D eigenvalue weighted by Gasteiger charge is -2.15. The summed E-state index contributed by atoms with van der Waals surface area (Å²) < 4.78 is 2.79. The Morgan fingerprint density at radius 2 is 1.97 bits per heavy atom. The molecule has 0 aliphatic carbocycles. The van der Waals surface area contributed by atoms with Crippen LogP contribution in [0.25, 0.3) is 0 Å². The van der Waals surface area contributed by atoms with Crippen LogP contribution in [0.2, 0.25) is 5.02 Å². The van der Waals surface area contributed by atoms with Gasteiger partial charge in [-0.2, -0.15) is 0 Å². The van der Waals surface area contributed by atoms with Crippen molar-refractivity contribution in [3.05, 3.63) is 81.6 Å². The molecule has 2 aromatic carbocycles. The van der Waals surface area contributed by atoms with Crippen LogP contribution in [0.5, 0.6) is 0 Å². The number of nitrogens with one attached hydrogen (secondary N) is 2. The maximum Gasteiger partial charge on any atom is 0.251 e. The van der Waals surface area contributed by atoms with Gasteiger partial charge in [0.15, 0.2) is 11.0 Å². The Hall–Kier alpha value is -2.62. The summed E-state index contributed by atoms with van der Waals surface area (Å²) in [4.78, 5) is 25.0. The summed E-state index contributed by atoms with van der Waals surface area (Å²) in [6.07, 6.45) is 1.72. The highest BCUT2D eigenvalue weighted by Crippen LogP contribution is 2.23. The lowest BCUT2D eigenvalue weighted by molar-refractivity contribution is -0.113. The van der Waals surface area contributed by atoms with Gasteiger partial charge in [-0.1, -0.05) is 45.4 Å². The molecule has 33 heavy (non-hydrogen) atoms. The third-order valence-corrected chi connectivity index (χ3v) is 6.41. The number of aromatic nitrogens is 3. The minimum atomic E-state index is -0.408. The van der Waals surface area contributed by atoms with Gasteiger partial charge in [0.1, 0.15) is 0 Å². The molecule has 2 N–H and O–H groups in total. The standard InChI is InChI=1S/C23H23BrClN5O2S/c1-4-11-30-21(15(3)26-22(32)16-5-8-18(25)9-6-16)28-29-23(30)33-13-20(31)27-19-10-7-17(24)12-14(19)2/h4-10,12,15H,1,11,13H2,2-3H3,(H,26,32)(H,27,31)/t15-/m1/s1. The normalized spacial score (nSPS) is 11.6. The number of thioether (sulfide) groups is 1. The van der Waals surface area contributed by atoms with Crippen molar-refractivity contribution in [2.45, 2.75) is 31.6 Å². The van der Waals surface area contributed by atoms with Crippen LogP contribution in [0, 0.1) is 6.92 Å². The van der Waals surface area contributed by atoms with Crippen LogP contribution in [0.4, 0.5) is 5.69 Å². The van der Waals surface area contributed by atoms with E-state index in [0.29, 0.717) is 28.1 Å². The molecule has 3 aromatic rings. The van der Waals surface area contributed by atoms with E-state index in [1.807, 2.05) is 36.6 Å². The maximum atomic E-state index is 12.6. The van der Waals surface area contributed by atoms with E-state index < -0.39 is 6.04 Å². The first-order valence-corrected chi connectivity index (χ1v) is 12.2. The second-order valence-electron chi connectivity index (χ2n) is 7.24. The first-order valence-electron chi connectivity index (χ1n) is 10.1. The summed E-state index contributed by atoms with van der Waals surface area (Å²) in [5, 5.41) is 15.4. The maximum absolute atomic E-state index is 12.6. The SMILES string of the molecule is C=CCn1c(SCC(=O)Nc2ccc(Br)cc2C)nnc1[C@@H](C)NC(=O)c1ccc(Cl)cc1. The molecular weight excluding hydrogens is 526 g/mol. The number of benzene rings is 2. The molecule has 0 fully saturated rings. The molecule has 0 radical (unpaired) electrons. The zero-order chi connectivity index (χ0) is 24.0. The minimum Gasteiger partial charge on any atom is -0.342 e. The van der Waals surface area contributed by atoms with Gasteiger partial charge in [-0.15, -0.1) is 16.8 Å². The van der Waals surface area contributed by atoms with Gasteiger partial charge in [-0.25, -0.2) is 0 Å². The molecule has 172 valence electrons. The molecule has 2 amide bonds. The van der Waals surface area contributed by atoms with Gasteiger partial charge in [-0.3, -0.25) is 9.59 Å². The van der Waals surface area contributed by atoms with Gasteiger partial charge in [0, 0.05) is 27.3 Å². The van der Waals surface area contributed by atoms with Crippen LogP contribution >= 0.6 is 39.3 Å². The van der Waals surface area contributed by atoms with Gasteiger partial charge >= 0.3 is 0 Å². The molecule has 1 heterocycles. The Balaban J connectivity index is 1.66. The van der Waals surface area contributed by atoms with E-state index in [1.165, 1.54) is 11.8 Å². The third kappa shape index (κ3) is 6.69. The summed E-state index contributed by atoms with van der Waals surface area (Å²) in [6.45, 7) is 8.00. The average Bonchev–Trinajstić information content (AvgIpc) is 3.17. The van der Waals surface area contributed by atoms with E-state index in [4.69, 9.17) is 11.6 Å². The number of hydrogen-bond donors (Lipinski definition) is 2. The zero-order valence-corrected chi connectivity index (χ0v) is 21.3. The van der Waals surface area contributed by atoms with Crippen molar-refractivity contribution >= 4 is 56.8 Å². The van der Waals surface area contributed by atoms with Crippen LogP contribution < -0.4 is 10.6 Å². The Kier molecular flexibility index (Phi) is 8.71. The fourth-order valence-corrected chi connectivity index (χ4v) is 4.41. The summed E-state index contributed by atoms with van der Waals surface area (Å²) in [7, 11) is 0. The summed E-state index contributed by atoms with van der Waals surface area (Å²) in [5.74, 6) is 0.342. The second kappa shape index (κ2) is 11.5.